The minimum atomic E-state index is -0.556. The summed E-state index contributed by atoms with van der Waals surface area (Å²) in [6.45, 7) is 9.86. The largest absolute Gasteiger partial charge is 0.493 e. The third kappa shape index (κ3) is 6.39. The highest BCUT2D eigenvalue weighted by molar-refractivity contribution is 6.32. The molecule has 43 heavy (non-hydrogen) atoms. The van der Waals surface area contributed by atoms with Crippen LogP contribution in [0, 0.1) is 16.6 Å². The zero-order valence-electron chi connectivity index (χ0n) is 25.9. The Hall–Kier alpha value is -3.16. The number of benzene rings is 2. The van der Waals surface area contributed by atoms with Crippen LogP contribution < -0.4 is 9.47 Å². The van der Waals surface area contributed by atoms with Gasteiger partial charge in [0.25, 0.3) is 0 Å². The van der Waals surface area contributed by atoms with Gasteiger partial charge in [-0.1, -0.05) is 51.4 Å². The van der Waals surface area contributed by atoms with Gasteiger partial charge in [0.1, 0.15) is 12.4 Å². The Balaban J connectivity index is 1.64. The standard InChI is InChI=1S/C35H41ClFNO5/c1-34(2)16-25-31(27(39)18-34)30(32-26(38(25)11-8-12-41-5)17-35(3,4)19-28(32)40)22-14-24(36)33(29(15-22)42-6)43-20-21-9-7-10-23(37)13-21/h7,9-10,13-15,30H,8,11-12,16-20H2,1-6H3. The SMILES string of the molecule is COCCCN1C2=C(C(=O)CC(C)(C)C2)C(c2cc(Cl)c(OCc3cccc(F)c3)c(OC)c2)C2=C1CC(C)(C)CC2=O. The van der Waals surface area contributed by atoms with Gasteiger partial charge in [0.05, 0.1) is 12.1 Å². The molecule has 5 rings (SSSR count). The second kappa shape index (κ2) is 12.1. The first-order chi connectivity index (χ1) is 20.3. The van der Waals surface area contributed by atoms with Gasteiger partial charge in [-0.3, -0.25) is 9.59 Å². The Labute approximate surface area is 258 Å². The number of methoxy groups -OCH3 is 2. The summed E-state index contributed by atoms with van der Waals surface area (Å²) >= 11 is 6.85. The Bertz CT molecular complexity index is 1450. The highest BCUT2D eigenvalue weighted by atomic mass is 35.5. The molecule has 6 nitrogen and oxygen atoms in total. The summed E-state index contributed by atoms with van der Waals surface area (Å²) in [5.41, 5.74) is 4.29. The predicted octanol–water partition coefficient (Wildman–Crippen LogP) is 7.79. The molecule has 0 fully saturated rings. The molecule has 1 heterocycles. The summed E-state index contributed by atoms with van der Waals surface area (Å²) in [7, 11) is 3.21. The van der Waals surface area contributed by atoms with Crippen molar-refractivity contribution in [2.24, 2.45) is 10.8 Å². The normalized spacial score (nSPS) is 19.9. The number of carbonyl (C=O) groups excluding carboxylic acids is 2. The number of hydrogen-bond donors (Lipinski definition) is 0. The Morgan fingerprint density at radius 3 is 2.12 bits per heavy atom. The fourth-order valence-electron chi connectivity index (χ4n) is 6.85. The van der Waals surface area contributed by atoms with Crippen LogP contribution in [0.3, 0.4) is 0 Å². The second-order valence-corrected chi connectivity index (χ2v) is 13.9. The highest BCUT2D eigenvalue weighted by Gasteiger charge is 2.49. The van der Waals surface area contributed by atoms with Crippen molar-refractivity contribution in [2.75, 3.05) is 27.4 Å². The molecule has 0 saturated carbocycles. The van der Waals surface area contributed by atoms with E-state index in [2.05, 4.69) is 32.6 Å². The van der Waals surface area contributed by atoms with Gasteiger partial charge in [0.2, 0.25) is 0 Å². The smallest absolute Gasteiger partial charge is 0.180 e. The molecule has 0 radical (unpaired) electrons. The first-order valence-electron chi connectivity index (χ1n) is 14.9. The van der Waals surface area contributed by atoms with Gasteiger partial charge >= 0.3 is 0 Å². The van der Waals surface area contributed by atoms with Crippen LogP contribution in [-0.4, -0.2) is 43.8 Å². The van der Waals surface area contributed by atoms with Gasteiger partial charge in [-0.05, 0) is 65.5 Å². The number of hydrogen-bond acceptors (Lipinski definition) is 6. The third-order valence-corrected chi connectivity index (χ3v) is 8.89. The van der Waals surface area contributed by atoms with Crippen LogP contribution in [0.1, 0.15) is 76.8 Å². The average Bonchev–Trinajstić information content (AvgIpc) is 2.91. The van der Waals surface area contributed by atoms with Crippen LogP contribution in [-0.2, 0) is 20.9 Å². The van der Waals surface area contributed by atoms with Crippen LogP contribution in [0.5, 0.6) is 11.5 Å². The maximum atomic E-state index is 14.0. The molecular weight excluding hydrogens is 569 g/mol. The summed E-state index contributed by atoms with van der Waals surface area (Å²) in [5.74, 6) is -0.0866. The molecule has 0 bridgehead atoms. The topological polar surface area (TPSA) is 65.1 Å². The van der Waals surface area contributed by atoms with Crippen LogP contribution in [0.4, 0.5) is 4.39 Å². The van der Waals surface area contributed by atoms with Gasteiger partial charge in [-0.25, -0.2) is 4.39 Å². The highest BCUT2D eigenvalue weighted by Crippen LogP contribution is 2.55. The Morgan fingerprint density at radius 2 is 1.56 bits per heavy atom. The van der Waals surface area contributed by atoms with E-state index in [0.29, 0.717) is 59.2 Å². The third-order valence-electron chi connectivity index (χ3n) is 8.61. The van der Waals surface area contributed by atoms with Crippen molar-refractivity contribution in [3.05, 3.63) is 80.9 Å². The summed E-state index contributed by atoms with van der Waals surface area (Å²) in [6, 6.07) is 9.79. The van der Waals surface area contributed by atoms with E-state index in [1.807, 2.05) is 6.07 Å². The lowest BCUT2D eigenvalue weighted by Gasteiger charge is -2.49. The molecule has 2 aliphatic carbocycles. The number of rotatable bonds is 9. The van der Waals surface area contributed by atoms with E-state index in [0.717, 1.165) is 36.2 Å². The average molecular weight is 610 g/mol. The van der Waals surface area contributed by atoms with Crippen molar-refractivity contribution in [3.63, 3.8) is 0 Å². The van der Waals surface area contributed by atoms with Crippen LogP contribution in [0.15, 0.2) is 58.9 Å². The van der Waals surface area contributed by atoms with Crippen molar-refractivity contribution in [1.82, 2.24) is 4.90 Å². The van der Waals surface area contributed by atoms with Gasteiger partial charge < -0.3 is 19.1 Å². The molecule has 1 aliphatic heterocycles. The number of ketones is 2. The van der Waals surface area contributed by atoms with Crippen LogP contribution >= 0.6 is 11.6 Å². The van der Waals surface area contributed by atoms with E-state index < -0.39 is 5.92 Å². The van der Waals surface area contributed by atoms with E-state index >= 15 is 0 Å². The molecule has 230 valence electrons. The fraction of sp³-hybridized carbons (Fsp3) is 0.486. The molecular formula is C35H41ClFNO5. The van der Waals surface area contributed by atoms with Crippen molar-refractivity contribution in [1.29, 1.82) is 0 Å². The minimum absolute atomic E-state index is 0.0543. The van der Waals surface area contributed by atoms with E-state index in [1.54, 1.807) is 25.3 Å². The van der Waals surface area contributed by atoms with E-state index in [1.165, 1.54) is 19.2 Å². The number of nitrogens with zero attached hydrogens (tertiary/aromatic N) is 1. The molecule has 0 aromatic heterocycles. The van der Waals surface area contributed by atoms with E-state index in [-0.39, 0.29) is 34.8 Å². The molecule has 0 atom stereocenters. The molecule has 0 amide bonds. The first kappa shape index (κ1) is 31.3. The molecule has 0 spiro atoms. The second-order valence-electron chi connectivity index (χ2n) is 13.5. The number of ether oxygens (including phenoxy) is 3. The lowest BCUT2D eigenvalue weighted by atomic mass is 9.63. The number of allylic oxidation sites excluding steroid dienone is 4. The van der Waals surface area contributed by atoms with Gasteiger partial charge in [0, 0.05) is 61.6 Å². The molecule has 3 aliphatic rings. The zero-order valence-corrected chi connectivity index (χ0v) is 26.7. The Kier molecular flexibility index (Phi) is 8.79. The molecule has 2 aromatic carbocycles. The summed E-state index contributed by atoms with van der Waals surface area (Å²) in [4.78, 5) is 30.3. The predicted molar refractivity (Wildman–Crippen MR) is 165 cm³/mol. The molecule has 0 saturated heterocycles. The molecule has 0 N–H and O–H groups in total. The number of carbonyl (C=O) groups is 2. The maximum absolute atomic E-state index is 14.0. The summed E-state index contributed by atoms with van der Waals surface area (Å²) in [6.07, 6.45) is 3.02. The Morgan fingerprint density at radius 1 is 0.930 bits per heavy atom. The minimum Gasteiger partial charge on any atom is -0.493 e. The summed E-state index contributed by atoms with van der Waals surface area (Å²) < 4.78 is 30.9. The lowest BCUT2D eigenvalue weighted by Crippen LogP contribution is -2.44. The molecule has 2 aromatic rings. The van der Waals surface area contributed by atoms with Crippen molar-refractivity contribution < 1.29 is 28.2 Å². The quantitative estimate of drug-likeness (QED) is 0.270. The van der Waals surface area contributed by atoms with Crippen LogP contribution in [0.2, 0.25) is 5.02 Å². The van der Waals surface area contributed by atoms with Gasteiger partial charge in [-0.2, -0.15) is 0 Å². The fourth-order valence-corrected chi connectivity index (χ4v) is 7.12. The van der Waals surface area contributed by atoms with Crippen molar-refractivity contribution in [2.45, 2.75) is 72.3 Å². The zero-order chi connectivity index (χ0) is 31.1. The number of halogens is 2. The first-order valence-corrected chi connectivity index (χ1v) is 15.3. The van der Waals surface area contributed by atoms with Crippen molar-refractivity contribution >= 4 is 23.2 Å². The van der Waals surface area contributed by atoms with E-state index in [4.69, 9.17) is 25.8 Å². The van der Waals surface area contributed by atoms with E-state index in [9.17, 15) is 14.0 Å². The van der Waals surface area contributed by atoms with Gasteiger partial charge in [-0.15, -0.1) is 0 Å². The number of Topliss-reactive ketones (excluding diaryl/α,β-unsaturated/α-hetero) is 2. The summed E-state index contributed by atoms with van der Waals surface area (Å²) in [5, 5.41) is 0.296. The maximum Gasteiger partial charge on any atom is 0.180 e. The van der Waals surface area contributed by atoms with Crippen molar-refractivity contribution in [3.8, 4) is 11.5 Å². The molecule has 0 unspecified atom stereocenters. The monoisotopic (exact) mass is 609 g/mol. The van der Waals surface area contributed by atoms with Gasteiger partial charge in [0.15, 0.2) is 23.1 Å². The molecule has 8 heteroatoms. The lowest BCUT2D eigenvalue weighted by molar-refractivity contribution is -0.119. The van der Waals surface area contributed by atoms with Crippen LogP contribution in [0.25, 0.3) is 0 Å².